The van der Waals surface area contributed by atoms with E-state index in [0.717, 1.165) is 40.9 Å². The Kier molecular flexibility index (Phi) is 8.44. The SMILES string of the molecule is CCc1cccc2sc(N(CCN(CC)CC)C(=O)C3CCCN3S(=O)(=O)c3ccc(C)cc3)nc12. The molecule has 0 saturated carbocycles. The minimum absolute atomic E-state index is 0.188. The van der Waals surface area contributed by atoms with E-state index in [1.807, 2.05) is 19.1 Å². The van der Waals surface area contributed by atoms with Gasteiger partial charge in [-0.1, -0.05) is 61.9 Å². The van der Waals surface area contributed by atoms with Crippen molar-refractivity contribution in [3.63, 3.8) is 0 Å². The van der Waals surface area contributed by atoms with Gasteiger partial charge in [-0.3, -0.25) is 9.69 Å². The number of likely N-dealkylation sites (N-methyl/N-ethyl adjacent to an activating group) is 1. The molecule has 194 valence electrons. The smallest absolute Gasteiger partial charge is 0.247 e. The van der Waals surface area contributed by atoms with Crippen molar-refractivity contribution in [1.82, 2.24) is 14.2 Å². The number of rotatable bonds is 10. The number of amides is 1. The van der Waals surface area contributed by atoms with Crippen LogP contribution in [0.15, 0.2) is 47.4 Å². The molecular formula is C27H36N4O3S2. The number of carbonyl (C=O) groups excluding carboxylic acids is 1. The zero-order valence-electron chi connectivity index (χ0n) is 21.6. The quantitative estimate of drug-likeness (QED) is 0.382. The first-order valence-electron chi connectivity index (χ1n) is 12.8. The zero-order valence-corrected chi connectivity index (χ0v) is 23.2. The summed E-state index contributed by atoms with van der Waals surface area (Å²) in [6.45, 7) is 11.5. The van der Waals surface area contributed by atoms with Crippen LogP contribution in [-0.4, -0.2) is 67.3 Å². The monoisotopic (exact) mass is 528 g/mol. The summed E-state index contributed by atoms with van der Waals surface area (Å²) in [6.07, 6.45) is 2.03. The minimum Gasteiger partial charge on any atom is -0.302 e. The van der Waals surface area contributed by atoms with Crippen LogP contribution < -0.4 is 4.90 Å². The van der Waals surface area contributed by atoms with Crippen molar-refractivity contribution in [2.75, 3.05) is 37.6 Å². The predicted molar refractivity (Wildman–Crippen MR) is 147 cm³/mol. The molecule has 1 saturated heterocycles. The molecule has 2 aromatic carbocycles. The van der Waals surface area contributed by atoms with Gasteiger partial charge in [0, 0.05) is 19.6 Å². The maximum absolute atomic E-state index is 14.1. The molecule has 4 rings (SSSR count). The molecule has 0 N–H and O–H groups in total. The second-order valence-corrected chi connectivity index (χ2v) is 12.1. The molecule has 0 aliphatic carbocycles. The summed E-state index contributed by atoms with van der Waals surface area (Å²) in [7, 11) is -3.78. The summed E-state index contributed by atoms with van der Waals surface area (Å²) in [5, 5.41) is 0.641. The molecule has 1 aromatic heterocycles. The number of aromatic nitrogens is 1. The lowest BCUT2D eigenvalue weighted by molar-refractivity contribution is -0.121. The molecule has 2 heterocycles. The molecule has 9 heteroatoms. The topological polar surface area (TPSA) is 73.8 Å². The Labute approximate surface area is 218 Å². The number of para-hydroxylation sites is 1. The third kappa shape index (κ3) is 5.34. The molecule has 1 aliphatic heterocycles. The summed E-state index contributed by atoms with van der Waals surface area (Å²) in [6, 6.07) is 12.2. The number of anilines is 1. The highest BCUT2D eigenvalue weighted by Crippen LogP contribution is 2.34. The number of carbonyl (C=O) groups is 1. The van der Waals surface area contributed by atoms with Crippen LogP contribution in [0.3, 0.4) is 0 Å². The van der Waals surface area contributed by atoms with Gasteiger partial charge in [-0.25, -0.2) is 13.4 Å². The molecule has 1 aliphatic rings. The molecule has 0 bridgehead atoms. The van der Waals surface area contributed by atoms with Crippen molar-refractivity contribution in [2.45, 2.75) is 57.9 Å². The summed E-state index contributed by atoms with van der Waals surface area (Å²) in [5.74, 6) is -0.188. The molecule has 36 heavy (non-hydrogen) atoms. The van der Waals surface area contributed by atoms with Gasteiger partial charge in [0.15, 0.2) is 5.13 Å². The highest BCUT2D eigenvalue weighted by Gasteiger charge is 2.42. The molecule has 1 unspecified atom stereocenters. The van der Waals surface area contributed by atoms with E-state index in [4.69, 9.17) is 4.98 Å². The van der Waals surface area contributed by atoms with Crippen molar-refractivity contribution >= 4 is 42.6 Å². The molecular weight excluding hydrogens is 492 g/mol. The number of hydrogen-bond donors (Lipinski definition) is 0. The number of nitrogens with zero attached hydrogens (tertiary/aromatic N) is 4. The average molecular weight is 529 g/mol. The number of aryl methyl sites for hydroxylation is 2. The first-order chi connectivity index (χ1) is 17.3. The van der Waals surface area contributed by atoms with Crippen LogP contribution in [0.25, 0.3) is 10.2 Å². The van der Waals surface area contributed by atoms with E-state index in [9.17, 15) is 13.2 Å². The van der Waals surface area contributed by atoms with E-state index in [1.165, 1.54) is 15.6 Å². The summed E-state index contributed by atoms with van der Waals surface area (Å²) in [4.78, 5) is 23.2. The van der Waals surface area contributed by atoms with E-state index in [2.05, 4.69) is 31.7 Å². The number of hydrogen-bond acceptors (Lipinski definition) is 6. The van der Waals surface area contributed by atoms with Crippen molar-refractivity contribution in [2.24, 2.45) is 0 Å². The fraction of sp³-hybridized carbons (Fsp3) is 0.481. The minimum atomic E-state index is -3.78. The van der Waals surface area contributed by atoms with Crippen molar-refractivity contribution in [1.29, 1.82) is 0 Å². The van der Waals surface area contributed by atoms with Gasteiger partial charge in [0.2, 0.25) is 15.9 Å². The lowest BCUT2D eigenvalue weighted by atomic mass is 10.1. The van der Waals surface area contributed by atoms with E-state index < -0.39 is 16.1 Å². The Hall–Kier alpha value is -2.33. The van der Waals surface area contributed by atoms with Crippen LogP contribution in [0.4, 0.5) is 5.13 Å². The predicted octanol–water partition coefficient (Wildman–Crippen LogP) is 4.70. The van der Waals surface area contributed by atoms with Crippen LogP contribution in [0.2, 0.25) is 0 Å². The van der Waals surface area contributed by atoms with Gasteiger partial charge in [0.1, 0.15) is 6.04 Å². The lowest BCUT2D eigenvalue weighted by Gasteiger charge is -2.30. The van der Waals surface area contributed by atoms with Gasteiger partial charge in [-0.05, 0) is 63.0 Å². The second-order valence-electron chi connectivity index (χ2n) is 9.22. The standard InChI is InChI=1S/C27H36N4O3S2/c1-5-21-10-8-12-24-25(21)28-27(35-24)30(19-18-29(6-2)7-3)26(32)23-11-9-17-31(23)36(33,34)22-15-13-20(4)14-16-22/h8,10,12-16,23H,5-7,9,11,17-19H2,1-4H3. The van der Waals surface area contributed by atoms with E-state index in [-0.39, 0.29) is 10.8 Å². The Bertz CT molecular complexity index is 1300. The molecule has 1 fully saturated rings. The maximum Gasteiger partial charge on any atom is 0.247 e. The Morgan fingerprint density at radius 3 is 2.47 bits per heavy atom. The van der Waals surface area contributed by atoms with Crippen LogP contribution >= 0.6 is 11.3 Å². The van der Waals surface area contributed by atoms with Gasteiger partial charge in [-0.2, -0.15) is 4.31 Å². The number of thiazole rings is 1. The van der Waals surface area contributed by atoms with Crippen LogP contribution in [-0.2, 0) is 21.2 Å². The molecule has 3 aromatic rings. The Balaban J connectivity index is 1.69. The lowest BCUT2D eigenvalue weighted by Crippen LogP contribution is -2.49. The van der Waals surface area contributed by atoms with Gasteiger partial charge >= 0.3 is 0 Å². The molecule has 7 nitrogen and oxygen atoms in total. The second kappa shape index (κ2) is 11.4. The first kappa shape index (κ1) is 26.7. The normalized spacial score (nSPS) is 16.8. The molecule has 0 radical (unpaired) electrons. The largest absolute Gasteiger partial charge is 0.302 e. The third-order valence-electron chi connectivity index (χ3n) is 7.02. The van der Waals surface area contributed by atoms with E-state index in [1.54, 1.807) is 29.2 Å². The van der Waals surface area contributed by atoms with Crippen LogP contribution in [0, 0.1) is 6.92 Å². The maximum atomic E-state index is 14.1. The average Bonchev–Trinajstić information content (AvgIpc) is 3.54. The van der Waals surface area contributed by atoms with Crippen molar-refractivity contribution < 1.29 is 13.2 Å². The molecule has 1 amide bonds. The highest BCUT2D eigenvalue weighted by atomic mass is 32.2. The van der Waals surface area contributed by atoms with Gasteiger partial charge in [0.25, 0.3) is 0 Å². The number of sulfonamides is 1. The van der Waals surface area contributed by atoms with Gasteiger partial charge in [-0.15, -0.1) is 0 Å². The number of fused-ring (bicyclic) bond motifs is 1. The van der Waals surface area contributed by atoms with E-state index >= 15 is 0 Å². The fourth-order valence-corrected chi connectivity index (χ4v) is 7.47. The summed E-state index contributed by atoms with van der Waals surface area (Å²) < 4.78 is 29.5. The summed E-state index contributed by atoms with van der Waals surface area (Å²) >= 11 is 1.50. The fourth-order valence-electron chi connectivity index (χ4n) is 4.78. The highest BCUT2D eigenvalue weighted by molar-refractivity contribution is 7.89. The van der Waals surface area contributed by atoms with Crippen molar-refractivity contribution in [3.8, 4) is 0 Å². The van der Waals surface area contributed by atoms with Gasteiger partial charge in [0.05, 0.1) is 15.1 Å². The first-order valence-corrected chi connectivity index (χ1v) is 15.1. The molecule has 1 atom stereocenters. The number of benzene rings is 2. The van der Waals surface area contributed by atoms with Crippen LogP contribution in [0.1, 0.15) is 44.7 Å². The zero-order chi connectivity index (χ0) is 25.9. The Morgan fingerprint density at radius 1 is 1.08 bits per heavy atom. The van der Waals surface area contributed by atoms with Gasteiger partial charge < -0.3 is 4.90 Å². The van der Waals surface area contributed by atoms with Crippen molar-refractivity contribution in [3.05, 3.63) is 53.6 Å². The van der Waals surface area contributed by atoms with E-state index in [0.29, 0.717) is 37.6 Å². The summed E-state index contributed by atoms with van der Waals surface area (Å²) in [5.41, 5.74) is 3.07. The third-order valence-corrected chi connectivity index (χ3v) is 9.99. The Morgan fingerprint density at radius 2 is 1.81 bits per heavy atom. The molecule has 0 spiro atoms. The van der Waals surface area contributed by atoms with Crippen LogP contribution in [0.5, 0.6) is 0 Å².